The third-order valence-electron chi connectivity index (χ3n) is 10.5. The first-order valence-electron chi connectivity index (χ1n) is 21.9. The molecule has 0 saturated carbocycles. The Morgan fingerprint density at radius 3 is 2.52 bits per heavy atom. The molecule has 2 amide bonds. The first kappa shape index (κ1) is 45.7. The molecule has 7 rings (SSSR count). The number of likely N-dealkylation sites (tertiary alicyclic amines) is 1. The fourth-order valence-electron chi connectivity index (χ4n) is 7.39. The molecular formula is C48H59N9O7. The lowest BCUT2D eigenvalue weighted by molar-refractivity contribution is 0.0235. The molecule has 16 heteroatoms. The van der Waals surface area contributed by atoms with E-state index in [-0.39, 0.29) is 18.6 Å². The Kier molecular flexibility index (Phi) is 15.6. The molecule has 0 spiro atoms. The maximum atomic E-state index is 12.6. The first-order chi connectivity index (χ1) is 31.0. The fourth-order valence-corrected chi connectivity index (χ4v) is 7.39. The number of carbonyl (C=O) groups is 2. The monoisotopic (exact) mass is 873 g/mol. The Balaban J connectivity index is 0.957. The van der Waals surface area contributed by atoms with E-state index < -0.39 is 17.8 Å². The predicted molar refractivity (Wildman–Crippen MR) is 246 cm³/mol. The summed E-state index contributed by atoms with van der Waals surface area (Å²) in [5.74, 6) is 0.706. The normalized spacial score (nSPS) is 14.4. The van der Waals surface area contributed by atoms with Gasteiger partial charge in [-0.2, -0.15) is 19.6 Å². The Hall–Kier alpha value is -6.36. The quantitative estimate of drug-likeness (QED) is 0.0665. The number of fused-ring (bicyclic) bond motifs is 2. The molecule has 338 valence electrons. The van der Waals surface area contributed by atoms with E-state index in [4.69, 9.17) is 38.6 Å². The summed E-state index contributed by atoms with van der Waals surface area (Å²) in [5.41, 5.74) is 5.48. The van der Waals surface area contributed by atoms with E-state index in [1.165, 1.54) is 0 Å². The molecule has 3 aromatic heterocycles. The first-order valence-corrected chi connectivity index (χ1v) is 21.9. The zero-order valence-corrected chi connectivity index (χ0v) is 37.3. The minimum Gasteiger partial charge on any atom is -0.459 e. The number of benzene rings is 3. The standard InChI is InChI=1S/C48H59N9O7/c1-33(2)41-30-52-57-43(41)54-45(63-38-15-11-22-56(31-38)23-25-61-27-26-60-24-21-50-46(58)64-48(3,4)5)55-44(57)51-29-36-14-9-10-16-39(36)42-40-18-17-37(28-35(40)19-20-49-42)53-47(59)62-32-34-12-7-6-8-13-34/h6-10,12-14,16-20,28,30,33,38H,11,15,21-27,29,31-32H2,1-5H3,(H,50,58)(H,53,59)(H,51,54,55)/t38-/m1/s1. The third kappa shape index (κ3) is 12.9. The Morgan fingerprint density at radius 1 is 0.906 bits per heavy atom. The summed E-state index contributed by atoms with van der Waals surface area (Å²) in [4.78, 5) is 41.3. The lowest BCUT2D eigenvalue weighted by atomic mass is 9.99. The van der Waals surface area contributed by atoms with Gasteiger partial charge in [-0.15, -0.1) is 0 Å². The van der Waals surface area contributed by atoms with Crippen LogP contribution < -0.4 is 20.7 Å². The number of ether oxygens (including phenoxy) is 5. The second-order valence-corrected chi connectivity index (χ2v) is 16.9. The van der Waals surface area contributed by atoms with E-state index in [0.717, 1.165) is 71.2 Å². The number of hydrogen-bond acceptors (Lipinski definition) is 13. The summed E-state index contributed by atoms with van der Waals surface area (Å²) < 4.78 is 30.4. The highest BCUT2D eigenvalue weighted by Gasteiger charge is 2.24. The lowest BCUT2D eigenvalue weighted by Gasteiger charge is -2.32. The molecule has 1 aliphatic heterocycles. The predicted octanol–water partition coefficient (Wildman–Crippen LogP) is 8.22. The Labute approximate surface area is 374 Å². The maximum Gasteiger partial charge on any atom is 0.411 e. The zero-order valence-electron chi connectivity index (χ0n) is 37.3. The topological polar surface area (TPSA) is 176 Å². The van der Waals surface area contributed by atoms with E-state index >= 15 is 0 Å². The van der Waals surface area contributed by atoms with Gasteiger partial charge in [-0.3, -0.25) is 15.2 Å². The van der Waals surface area contributed by atoms with E-state index in [9.17, 15) is 9.59 Å². The molecule has 3 aromatic carbocycles. The van der Waals surface area contributed by atoms with Crippen LogP contribution in [0.4, 0.5) is 21.2 Å². The van der Waals surface area contributed by atoms with Gasteiger partial charge in [0.25, 0.3) is 0 Å². The summed E-state index contributed by atoms with van der Waals surface area (Å²) in [7, 11) is 0. The molecule has 3 N–H and O–H groups in total. The molecule has 0 unspecified atom stereocenters. The van der Waals surface area contributed by atoms with Crippen LogP contribution in [0.15, 0.2) is 91.3 Å². The van der Waals surface area contributed by atoms with Crippen molar-refractivity contribution in [1.82, 2.24) is 34.8 Å². The van der Waals surface area contributed by atoms with E-state index in [2.05, 4.69) is 51.9 Å². The average Bonchev–Trinajstić information content (AvgIpc) is 3.71. The summed E-state index contributed by atoms with van der Waals surface area (Å²) >= 11 is 0. The van der Waals surface area contributed by atoms with Gasteiger partial charge in [0, 0.05) is 54.6 Å². The molecule has 6 aromatic rings. The number of amides is 2. The highest BCUT2D eigenvalue weighted by molar-refractivity contribution is 5.98. The molecule has 0 aliphatic carbocycles. The summed E-state index contributed by atoms with van der Waals surface area (Å²) in [6.07, 6.45) is 4.42. The van der Waals surface area contributed by atoms with Crippen molar-refractivity contribution in [1.29, 1.82) is 0 Å². The van der Waals surface area contributed by atoms with Crippen molar-refractivity contribution in [2.24, 2.45) is 0 Å². The maximum absolute atomic E-state index is 12.6. The van der Waals surface area contributed by atoms with Crippen LogP contribution in [0.3, 0.4) is 0 Å². The van der Waals surface area contributed by atoms with Crippen LogP contribution in [0.2, 0.25) is 0 Å². The van der Waals surface area contributed by atoms with Crippen molar-refractivity contribution >= 4 is 40.2 Å². The van der Waals surface area contributed by atoms with Gasteiger partial charge in [-0.25, -0.2) is 9.59 Å². The number of anilines is 2. The highest BCUT2D eigenvalue weighted by Crippen LogP contribution is 2.32. The van der Waals surface area contributed by atoms with E-state index in [1.807, 2.05) is 93.7 Å². The number of rotatable bonds is 19. The van der Waals surface area contributed by atoms with Crippen LogP contribution in [-0.4, -0.2) is 106 Å². The number of piperidine rings is 1. The number of carbonyl (C=O) groups excluding carboxylic acids is 2. The molecule has 64 heavy (non-hydrogen) atoms. The summed E-state index contributed by atoms with van der Waals surface area (Å²) in [6.45, 7) is 15.0. The Morgan fingerprint density at radius 2 is 1.70 bits per heavy atom. The molecule has 0 bridgehead atoms. The van der Waals surface area contributed by atoms with Crippen molar-refractivity contribution in [3.8, 4) is 17.3 Å². The van der Waals surface area contributed by atoms with Crippen LogP contribution >= 0.6 is 0 Å². The molecule has 16 nitrogen and oxygen atoms in total. The minimum atomic E-state index is -0.535. The van der Waals surface area contributed by atoms with Crippen LogP contribution in [-0.2, 0) is 32.1 Å². The molecule has 1 saturated heterocycles. The van der Waals surface area contributed by atoms with Crippen molar-refractivity contribution in [2.45, 2.75) is 78.2 Å². The van der Waals surface area contributed by atoms with Crippen molar-refractivity contribution in [3.05, 3.63) is 108 Å². The second-order valence-electron chi connectivity index (χ2n) is 16.9. The summed E-state index contributed by atoms with van der Waals surface area (Å²) in [6, 6.07) is 25.7. The van der Waals surface area contributed by atoms with E-state index in [1.54, 1.807) is 10.7 Å². The van der Waals surface area contributed by atoms with Crippen LogP contribution in [0.1, 0.15) is 70.1 Å². The lowest BCUT2D eigenvalue weighted by Crippen LogP contribution is -2.42. The van der Waals surface area contributed by atoms with Gasteiger partial charge >= 0.3 is 18.2 Å². The number of pyridine rings is 1. The molecule has 1 fully saturated rings. The number of nitrogens with one attached hydrogen (secondary N) is 3. The summed E-state index contributed by atoms with van der Waals surface area (Å²) in [5, 5.41) is 15.6. The van der Waals surface area contributed by atoms with Gasteiger partial charge < -0.3 is 34.3 Å². The molecule has 1 aliphatic rings. The van der Waals surface area contributed by atoms with Gasteiger partial charge in [0.15, 0.2) is 5.65 Å². The van der Waals surface area contributed by atoms with Crippen LogP contribution in [0.25, 0.3) is 27.7 Å². The van der Waals surface area contributed by atoms with Gasteiger partial charge in [0.1, 0.15) is 18.3 Å². The van der Waals surface area contributed by atoms with Gasteiger partial charge in [0.2, 0.25) is 5.95 Å². The minimum absolute atomic E-state index is 0.0934. The van der Waals surface area contributed by atoms with E-state index in [0.29, 0.717) is 62.8 Å². The average molecular weight is 874 g/mol. The van der Waals surface area contributed by atoms with Crippen molar-refractivity contribution < 1.29 is 33.3 Å². The second kappa shape index (κ2) is 21.8. The van der Waals surface area contributed by atoms with Crippen LogP contribution in [0, 0.1) is 0 Å². The van der Waals surface area contributed by atoms with Gasteiger partial charge in [0.05, 0.1) is 38.3 Å². The third-order valence-corrected chi connectivity index (χ3v) is 10.5. The number of hydrogen-bond donors (Lipinski definition) is 3. The molecule has 4 heterocycles. The van der Waals surface area contributed by atoms with Crippen molar-refractivity contribution in [2.75, 3.05) is 63.2 Å². The number of aromatic nitrogens is 5. The molecule has 1 atom stereocenters. The van der Waals surface area contributed by atoms with Gasteiger partial charge in [-0.05, 0) is 80.8 Å². The smallest absolute Gasteiger partial charge is 0.411 e. The Bertz CT molecular complexity index is 2470. The number of alkyl carbamates (subject to hydrolysis) is 1. The zero-order chi connectivity index (χ0) is 44.9. The number of nitrogens with zero attached hydrogens (tertiary/aromatic N) is 6. The van der Waals surface area contributed by atoms with Gasteiger partial charge in [-0.1, -0.05) is 74.5 Å². The fraction of sp³-hybridized carbons (Fsp3) is 0.417. The largest absolute Gasteiger partial charge is 0.459 e. The molecular weight excluding hydrogens is 815 g/mol. The highest BCUT2D eigenvalue weighted by atomic mass is 16.6. The van der Waals surface area contributed by atoms with Crippen LogP contribution in [0.5, 0.6) is 6.01 Å². The molecule has 0 radical (unpaired) electrons. The SMILES string of the molecule is CC(C)c1cnn2c(NCc3ccccc3-c3nccc4cc(NC(=O)OCc5ccccc5)ccc34)nc(O[C@@H]3CCCN(CCOCCOCCNC(=O)OC(C)(C)C)C3)nc12. The van der Waals surface area contributed by atoms with Crippen molar-refractivity contribution in [3.63, 3.8) is 0 Å².